The zero-order valence-corrected chi connectivity index (χ0v) is 14.5. The van der Waals surface area contributed by atoms with Crippen molar-refractivity contribution >= 4 is 29.3 Å². The molecule has 3 aliphatic rings. The largest absolute Gasteiger partial charge is 0.330 e. The van der Waals surface area contributed by atoms with Crippen molar-refractivity contribution < 1.29 is 0 Å². The van der Waals surface area contributed by atoms with E-state index in [2.05, 4.69) is 42.8 Å². The number of aromatic nitrogens is 2. The second-order valence-electron chi connectivity index (χ2n) is 7.23. The molecule has 6 heteroatoms. The Hall–Kier alpha value is -2.21. The van der Waals surface area contributed by atoms with Gasteiger partial charge in [-0.25, -0.2) is 4.98 Å². The highest BCUT2D eigenvalue weighted by molar-refractivity contribution is 5.87. The minimum atomic E-state index is 0.826. The minimum Gasteiger partial charge on any atom is -0.330 e. The Balaban J connectivity index is 1.42. The summed E-state index contributed by atoms with van der Waals surface area (Å²) in [5, 5.41) is 8.05. The number of benzene rings is 1. The van der Waals surface area contributed by atoms with Crippen LogP contribution in [0.15, 0.2) is 28.4 Å². The highest BCUT2D eigenvalue weighted by atomic mass is 15.3. The molecule has 5 rings (SSSR count). The number of nitrogens with zero attached hydrogens (tertiary/aromatic N) is 6. The molecule has 1 aromatic carbocycles. The van der Waals surface area contributed by atoms with Gasteiger partial charge in [0.15, 0.2) is 0 Å². The van der Waals surface area contributed by atoms with Crippen LogP contribution in [0.4, 0.5) is 5.69 Å². The first kappa shape index (κ1) is 15.1. The van der Waals surface area contributed by atoms with Crippen LogP contribution in [-0.2, 0) is 13.0 Å². The maximum atomic E-state index is 4.96. The smallest absolute Gasteiger partial charge is 0.118 e. The van der Waals surface area contributed by atoms with Gasteiger partial charge in [0, 0.05) is 57.0 Å². The van der Waals surface area contributed by atoms with Crippen LogP contribution in [0.1, 0.15) is 31.5 Å². The number of imidazole rings is 1. The number of rotatable bonds is 2. The SMILES string of the molecule is C1=NN=CN(c2ccc3c(c2)nc2n3CCN(C3CCC3)CC2)CC1. The molecule has 1 aromatic heterocycles. The van der Waals surface area contributed by atoms with Crippen LogP contribution in [0.3, 0.4) is 0 Å². The molecule has 1 aliphatic carbocycles. The molecule has 2 aromatic rings. The molecule has 130 valence electrons. The Morgan fingerprint density at radius 3 is 2.84 bits per heavy atom. The van der Waals surface area contributed by atoms with E-state index in [4.69, 9.17) is 4.98 Å². The average Bonchev–Trinajstić information content (AvgIpc) is 2.78. The summed E-state index contributed by atoms with van der Waals surface area (Å²) in [6.45, 7) is 4.26. The summed E-state index contributed by atoms with van der Waals surface area (Å²) < 4.78 is 2.43. The summed E-state index contributed by atoms with van der Waals surface area (Å²) in [5.74, 6) is 1.24. The first-order chi connectivity index (χ1) is 12.4. The molecule has 0 amide bonds. The van der Waals surface area contributed by atoms with Crippen molar-refractivity contribution in [3.8, 4) is 0 Å². The molecule has 0 saturated heterocycles. The van der Waals surface area contributed by atoms with Crippen LogP contribution in [0.5, 0.6) is 0 Å². The van der Waals surface area contributed by atoms with Gasteiger partial charge in [-0.05, 0) is 31.0 Å². The predicted molar refractivity (Wildman–Crippen MR) is 102 cm³/mol. The highest BCUT2D eigenvalue weighted by Gasteiger charge is 2.27. The van der Waals surface area contributed by atoms with Crippen LogP contribution in [0, 0.1) is 0 Å². The Bertz CT molecular complexity index is 832. The molecule has 3 heterocycles. The first-order valence-corrected chi connectivity index (χ1v) is 9.43. The van der Waals surface area contributed by atoms with Gasteiger partial charge in [-0.3, -0.25) is 4.90 Å². The molecule has 0 radical (unpaired) electrons. The Kier molecular flexibility index (Phi) is 3.77. The Morgan fingerprint density at radius 2 is 1.96 bits per heavy atom. The maximum Gasteiger partial charge on any atom is 0.118 e. The summed E-state index contributed by atoms with van der Waals surface area (Å²) in [5.41, 5.74) is 3.51. The molecule has 0 spiro atoms. The lowest BCUT2D eigenvalue weighted by Crippen LogP contribution is -2.41. The van der Waals surface area contributed by atoms with Crippen molar-refractivity contribution in [3.05, 3.63) is 24.0 Å². The van der Waals surface area contributed by atoms with Gasteiger partial charge in [-0.2, -0.15) is 5.10 Å². The third kappa shape index (κ3) is 2.74. The van der Waals surface area contributed by atoms with Crippen molar-refractivity contribution in [2.45, 2.75) is 44.7 Å². The molecule has 1 saturated carbocycles. The topological polar surface area (TPSA) is 49.0 Å². The van der Waals surface area contributed by atoms with Crippen LogP contribution >= 0.6 is 0 Å². The number of hydrogen-bond acceptors (Lipinski definition) is 5. The Morgan fingerprint density at radius 1 is 1.00 bits per heavy atom. The van der Waals surface area contributed by atoms with Gasteiger partial charge in [-0.1, -0.05) is 6.42 Å². The standard InChI is InChI=1S/C19H24N6/c1-3-15(4-1)23-10-7-19-22-17-13-16(24-9-2-8-20-21-14-24)5-6-18(17)25(19)12-11-23/h5-6,8,13-15H,1-4,7,9-12H2. The fourth-order valence-corrected chi connectivity index (χ4v) is 4.14. The average molecular weight is 336 g/mol. The van der Waals surface area contributed by atoms with E-state index in [9.17, 15) is 0 Å². The van der Waals surface area contributed by atoms with E-state index in [1.807, 2.05) is 12.6 Å². The van der Waals surface area contributed by atoms with E-state index in [1.54, 1.807) is 0 Å². The summed E-state index contributed by atoms with van der Waals surface area (Å²) >= 11 is 0. The zero-order valence-electron chi connectivity index (χ0n) is 14.5. The van der Waals surface area contributed by atoms with E-state index in [1.165, 1.54) is 30.6 Å². The fourth-order valence-electron chi connectivity index (χ4n) is 4.14. The summed E-state index contributed by atoms with van der Waals surface area (Å²) in [7, 11) is 0. The van der Waals surface area contributed by atoms with Gasteiger partial charge in [0.1, 0.15) is 12.2 Å². The predicted octanol–water partition coefficient (Wildman–Crippen LogP) is 2.67. The second-order valence-corrected chi connectivity index (χ2v) is 7.23. The highest BCUT2D eigenvalue weighted by Crippen LogP contribution is 2.28. The summed E-state index contributed by atoms with van der Waals surface area (Å²) in [4.78, 5) is 9.78. The van der Waals surface area contributed by atoms with Crippen LogP contribution in [0.2, 0.25) is 0 Å². The molecule has 0 unspecified atom stereocenters. The summed E-state index contributed by atoms with van der Waals surface area (Å²) in [6, 6.07) is 7.42. The van der Waals surface area contributed by atoms with E-state index >= 15 is 0 Å². The lowest BCUT2D eigenvalue weighted by atomic mass is 9.91. The first-order valence-electron chi connectivity index (χ1n) is 9.43. The third-order valence-corrected chi connectivity index (χ3v) is 5.81. The van der Waals surface area contributed by atoms with Crippen LogP contribution in [-0.4, -0.2) is 52.7 Å². The van der Waals surface area contributed by atoms with E-state index in [-0.39, 0.29) is 0 Å². The maximum absolute atomic E-state index is 4.96. The molecule has 25 heavy (non-hydrogen) atoms. The third-order valence-electron chi connectivity index (χ3n) is 5.81. The van der Waals surface area contributed by atoms with Gasteiger partial charge < -0.3 is 9.47 Å². The molecule has 0 N–H and O–H groups in total. The van der Waals surface area contributed by atoms with Crippen LogP contribution < -0.4 is 4.90 Å². The molecule has 2 aliphatic heterocycles. The van der Waals surface area contributed by atoms with E-state index in [0.29, 0.717) is 0 Å². The van der Waals surface area contributed by atoms with Gasteiger partial charge in [0.2, 0.25) is 0 Å². The quantitative estimate of drug-likeness (QED) is 0.847. The zero-order chi connectivity index (χ0) is 16.6. The number of anilines is 1. The van der Waals surface area contributed by atoms with Crippen molar-refractivity contribution in [1.29, 1.82) is 0 Å². The Labute approximate surface area is 147 Å². The molecule has 6 nitrogen and oxygen atoms in total. The van der Waals surface area contributed by atoms with Gasteiger partial charge in [-0.15, -0.1) is 5.10 Å². The second kappa shape index (κ2) is 6.26. The number of fused-ring (bicyclic) bond motifs is 3. The van der Waals surface area contributed by atoms with Crippen molar-refractivity contribution in [2.75, 3.05) is 24.5 Å². The van der Waals surface area contributed by atoms with Gasteiger partial charge in [0.25, 0.3) is 0 Å². The minimum absolute atomic E-state index is 0.826. The van der Waals surface area contributed by atoms with Gasteiger partial charge >= 0.3 is 0 Å². The molecular formula is C19H24N6. The van der Waals surface area contributed by atoms with Gasteiger partial charge in [0.05, 0.1) is 11.0 Å². The molecule has 0 atom stereocenters. The molecular weight excluding hydrogens is 312 g/mol. The van der Waals surface area contributed by atoms with Crippen molar-refractivity contribution in [2.24, 2.45) is 10.2 Å². The normalized spacial score (nSPS) is 21.8. The van der Waals surface area contributed by atoms with Crippen LogP contribution in [0.25, 0.3) is 11.0 Å². The van der Waals surface area contributed by atoms with Crippen molar-refractivity contribution in [1.82, 2.24) is 14.5 Å². The van der Waals surface area contributed by atoms with E-state index < -0.39 is 0 Å². The molecule has 1 fully saturated rings. The lowest BCUT2D eigenvalue weighted by molar-refractivity contribution is 0.130. The summed E-state index contributed by atoms with van der Waals surface area (Å²) in [6.07, 6.45) is 9.81. The lowest BCUT2D eigenvalue weighted by Gasteiger charge is -2.36. The molecule has 0 bridgehead atoms. The van der Waals surface area contributed by atoms with Crippen molar-refractivity contribution in [3.63, 3.8) is 0 Å². The monoisotopic (exact) mass is 336 g/mol. The fraction of sp³-hybridized carbons (Fsp3) is 0.526. The van der Waals surface area contributed by atoms with E-state index in [0.717, 1.165) is 56.3 Å². The number of hydrogen-bond donors (Lipinski definition) is 0.